The van der Waals surface area contributed by atoms with Gasteiger partial charge in [0.05, 0.1) is 0 Å². The molecule has 2 rings (SSSR count). The lowest BCUT2D eigenvalue weighted by Crippen LogP contribution is -2.26. The van der Waals surface area contributed by atoms with Crippen LogP contribution in [0.3, 0.4) is 0 Å². The van der Waals surface area contributed by atoms with Gasteiger partial charge in [-0.3, -0.25) is 4.79 Å². The minimum Gasteiger partial charge on any atom is -0.339 e. The average Bonchev–Trinajstić information content (AvgIpc) is 2.44. The fourth-order valence-corrected chi connectivity index (χ4v) is 2.12. The van der Waals surface area contributed by atoms with E-state index in [-0.39, 0.29) is 0 Å². The van der Waals surface area contributed by atoms with Gasteiger partial charge in [0.15, 0.2) is 0 Å². The highest BCUT2D eigenvalue weighted by Crippen LogP contribution is 2.35. The molecule has 9 heavy (non-hydrogen) atoms. The van der Waals surface area contributed by atoms with Crippen molar-refractivity contribution < 1.29 is 4.79 Å². The Morgan fingerprint density at radius 2 is 1.56 bits per heavy atom. The number of carbonyl (C=O) groups excluding carboxylic acids is 1. The minimum atomic E-state index is 0.618. The summed E-state index contributed by atoms with van der Waals surface area (Å²) in [5, 5.41) is 0. The van der Waals surface area contributed by atoms with Crippen molar-refractivity contribution in [2.75, 3.05) is 0 Å². The highest BCUT2D eigenvalue weighted by molar-refractivity contribution is 5.50. The van der Waals surface area contributed by atoms with Crippen LogP contribution >= 0.6 is 0 Å². The first-order chi connectivity index (χ1) is 4.42. The summed E-state index contributed by atoms with van der Waals surface area (Å²) in [6.45, 7) is 0. The van der Waals surface area contributed by atoms with Crippen molar-refractivity contribution in [3.8, 4) is 0 Å². The van der Waals surface area contributed by atoms with Crippen molar-refractivity contribution in [1.82, 2.24) is 4.90 Å². The molecule has 2 aliphatic rings. The Labute approximate surface area is 54.8 Å². The van der Waals surface area contributed by atoms with E-state index in [0.717, 1.165) is 6.41 Å². The lowest BCUT2D eigenvalue weighted by molar-refractivity contribution is -0.119. The first-order valence-corrected chi connectivity index (χ1v) is 3.64. The largest absolute Gasteiger partial charge is 0.339 e. The predicted octanol–water partition coefficient (Wildman–Crippen LogP) is 0.770. The van der Waals surface area contributed by atoms with Crippen molar-refractivity contribution in [1.29, 1.82) is 0 Å². The molecule has 0 unspecified atom stereocenters. The van der Waals surface area contributed by atoms with Crippen LogP contribution in [-0.4, -0.2) is 23.4 Å². The third kappa shape index (κ3) is 0.590. The van der Waals surface area contributed by atoms with Crippen LogP contribution in [0.2, 0.25) is 0 Å². The van der Waals surface area contributed by atoms with Crippen LogP contribution in [0.15, 0.2) is 0 Å². The van der Waals surface area contributed by atoms with Crippen molar-refractivity contribution in [2.24, 2.45) is 0 Å². The Bertz CT molecular complexity index is 115. The Morgan fingerprint density at radius 1 is 1.11 bits per heavy atom. The maximum Gasteiger partial charge on any atom is 0.210 e. The van der Waals surface area contributed by atoms with Crippen molar-refractivity contribution >= 4 is 6.41 Å². The second-order valence-corrected chi connectivity index (χ2v) is 3.01. The van der Waals surface area contributed by atoms with Gasteiger partial charge in [-0.05, 0) is 25.7 Å². The summed E-state index contributed by atoms with van der Waals surface area (Å²) < 4.78 is 0. The molecule has 1 amide bonds. The van der Waals surface area contributed by atoms with Gasteiger partial charge in [-0.25, -0.2) is 0 Å². The van der Waals surface area contributed by atoms with Gasteiger partial charge in [-0.1, -0.05) is 0 Å². The minimum absolute atomic E-state index is 0.618. The first-order valence-electron chi connectivity index (χ1n) is 3.64. The van der Waals surface area contributed by atoms with E-state index >= 15 is 0 Å². The van der Waals surface area contributed by atoms with Gasteiger partial charge in [-0.15, -0.1) is 0 Å². The summed E-state index contributed by atoms with van der Waals surface area (Å²) in [4.78, 5) is 12.4. The zero-order valence-electron chi connectivity index (χ0n) is 5.42. The highest BCUT2D eigenvalue weighted by Gasteiger charge is 2.37. The topological polar surface area (TPSA) is 20.3 Å². The highest BCUT2D eigenvalue weighted by atomic mass is 16.1. The summed E-state index contributed by atoms with van der Waals surface area (Å²) in [7, 11) is 0. The summed E-state index contributed by atoms with van der Waals surface area (Å²) >= 11 is 0. The zero-order valence-corrected chi connectivity index (χ0v) is 5.42. The van der Waals surface area contributed by atoms with Crippen LogP contribution in [-0.2, 0) is 4.79 Å². The number of rotatable bonds is 1. The van der Waals surface area contributed by atoms with Gasteiger partial charge in [0, 0.05) is 12.1 Å². The van der Waals surface area contributed by atoms with E-state index in [4.69, 9.17) is 0 Å². The predicted molar refractivity (Wildman–Crippen MR) is 33.9 cm³/mol. The Balaban J connectivity index is 2.16. The smallest absolute Gasteiger partial charge is 0.210 e. The quantitative estimate of drug-likeness (QED) is 0.474. The van der Waals surface area contributed by atoms with E-state index in [0.29, 0.717) is 12.1 Å². The number of hydrogen-bond donors (Lipinski definition) is 0. The lowest BCUT2D eigenvalue weighted by atomic mass is 10.0. The number of nitrogens with zero attached hydrogens (tertiary/aromatic N) is 1. The summed E-state index contributed by atoms with van der Waals surface area (Å²) in [5.41, 5.74) is 0. The number of fused-ring (bicyclic) bond motifs is 2. The molecule has 2 nitrogen and oxygen atoms in total. The molecule has 2 aliphatic heterocycles. The van der Waals surface area contributed by atoms with Gasteiger partial charge in [0.1, 0.15) is 0 Å². The molecule has 0 radical (unpaired) electrons. The normalized spacial score (nSPS) is 39.8. The molecule has 0 aliphatic carbocycles. The van der Waals surface area contributed by atoms with Crippen molar-refractivity contribution in [3.05, 3.63) is 0 Å². The van der Waals surface area contributed by atoms with Gasteiger partial charge >= 0.3 is 0 Å². The molecule has 0 spiro atoms. The molecule has 2 bridgehead atoms. The maximum atomic E-state index is 10.4. The Morgan fingerprint density at radius 3 is 1.78 bits per heavy atom. The molecule has 0 N–H and O–H groups in total. The van der Waals surface area contributed by atoms with Gasteiger partial charge in [-0.2, -0.15) is 0 Å². The molecular weight excluding hydrogens is 114 g/mol. The van der Waals surface area contributed by atoms with E-state index in [1.165, 1.54) is 25.7 Å². The van der Waals surface area contributed by atoms with E-state index in [1.54, 1.807) is 0 Å². The zero-order chi connectivity index (χ0) is 6.27. The van der Waals surface area contributed by atoms with Gasteiger partial charge in [0.2, 0.25) is 6.41 Å². The number of carbonyl (C=O) groups is 1. The van der Waals surface area contributed by atoms with Crippen molar-refractivity contribution in [2.45, 2.75) is 37.8 Å². The molecule has 0 aromatic carbocycles. The first kappa shape index (κ1) is 5.27. The Kier molecular flexibility index (Phi) is 1.01. The van der Waals surface area contributed by atoms with E-state index < -0.39 is 0 Å². The molecule has 0 saturated carbocycles. The van der Waals surface area contributed by atoms with Crippen LogP contribution in [0.4, 0.5) is 0 Å². The molecular formula is C7H11NO. The molecule has 0 atom stereocenters. The standard InChI is InChI=1S/C7H11NO/c9-5-8-6-1-2-7(8)4-3-6/h5-7H,1-4H2/t6-,7+. The molecule has 2 saturated heterocycles. The molecule has 50 valence electrons. The van der Waals surface area contributed by atoms with Crippen LogP contribution in [0.5, 0.6) is 0 Å². The SMILES string of the molecule is O=CN1[C@H]2CC[C@@H]1CC2. The number of amides is 1. The monoisotopic (exact) mass is 125 g/mol. The van der Waals surface area contributed by atoms with Gasteiger partial charge < -0.3 is 4.90 Å². The molecule has 0 aromatic rings. The second-order valence-electron chi connectivity index (χ2n) is 3.01. The van der Waals surface area contributed by atoms with Crippen LogP contribution in [0.25, 0.3) is 0 Å². The molecule has 2 heterocycles. The van der Waals surface area contributed by atoms with Crippen LogP contribution in [0.1, 0.15) is 25.7 Å². The van der Waals surface area contributed by atoms with Gasteiger partial charge in [0.25, 0.3) is 0 Å². The second kappa shape index (κ2) is 1.72. The molecule has 2 fully saturated rings. The third-order valence-corrected chi connectivity index (χ3v) is 2.63. The molecule has 0 aromatic heterocycles. The third-order valence-electron chi connectivity index (χ3n) is 2.63. The Hall–Kier alpha value is -0.530. The summed E-state index contributed by atoms with van der Waals surface area (Å²) in [6.07, 6.45) is 6.04. The van der Waals surface area contributed by atoms with E-state index in [1.807, 2.05) is 4.90 Å². The number of hydrogen-bond acceptors (Lipinski definition) is 1. The summed E-state index contributed by atoms with van der Waals surface area (Å²) in [5.74, 6) is 0. The summed E-state index contributed by atoms with van der Waals surface area (Å²) in [6, 6.07) is 1.24. The van der Waals surface area contributed by atoms with Crippen LogP contribution in [0, 0.1) is 0 Å². The lowest BCUT2D eigenvalue weighted by Gasteiger charge is -2.13. The van der Waals surface area contributed by atoms with Crippen molar-refractivity contribution in [3.63, 3.8) is 0 Å². The van der Waals surface area contributed by atoms with E-state index in [9.17, 15) is 4.79 Å². The fraction of sp³-hybridized carbons (Fsp3) is 0.857. The average molecular weight is 125 g/mol. The maximum absolute atomic E-state index is 10.4. The van der Waals surface area contributed by atoms with Crippen LogP contribution < -0.4 is 0 Å². The van der Waals surface area contributed by atoms with E-state index in [2.05, 4.69) is 0 Å². The molecule has 2 heteroatoms. The fourth-order valence-electron chi connectivity index (χ4n) is 2.12.